The first kappa shape index (κ1) is 21.5. The molecule has 1 aromatic rings. The van der Waals surface area contributed by atoms with Gasteiger partial charge in [-0.3, -0.25) is 4.90 Å². The van der Waals surface area contributed by atoms with E-state index in [0.717, 1.165) is 56.7 Å². The molecular formula is C25H41N5. The summed E-state index contributed by atoms with van der Waals surface area (Å²) in [6.07, 6.45) is 8.47. The van der Waals surface area contributed by atoms with E-state index in [-0.39, 0.29) is 0 Å². The van der Waals surface area contributed by atoms with Gasteiger partial charge in [-0.25, -0.2) is 0 Å². The molecule has 0 spiro atoms. The molecule has 30 heavy (non-hydrogen) atoms. The lowest BCUT2D eigenvalue weighted by Crippen LogP contribution is -2.48. The smallest absolute Gasteiger partial charge is 0.0984 e. The predicted octanol–water partition coefficient (Wildman–Crippen LogP) is 3.91. The molecule has 4 rings (SSSR count). The second-order valence-electron chi connectivity index (χ2n) is 9.76. The van der Waals surface area contributed by atoms with Gasteiger partial charge in [0.1, 0.15) is 0 Å². The van der Waals surface area contributed by atoms with Gasteiger partial charge in [0, 0.05) is 63.2 Å². The number of likely N-dealkylation sites (N-methyl/N-ethyl adjacent to an activating group) is 1. The van der Waals surface area contributed by atoms with Crippen LogP contribution < -0.4 is 10.2 Å². The van der Waals surface area contributed by atoms with Crippen LogP contribution in [0.15, 0.2) is 36.7 Å². The normalized spacial score (nSPS) is 23.9. The van der Waals surface area contributed by atoms with Crippen LogP contribution in [0.5, 0.6) is 0 Å². The summed E-state index contributed by atoms with van der Waals surface area (Å²) < 4.78 is 0. The number of hydrogen-bond acceptors (Lipinski definition) is 5. The van der Waals surface area contributed by atoms with Crippen molar-refractivity contribution in [3.8, 4) is 0 Å². The van der Waals surface area contributed by atoms with Crippen molar-refractivity contribution in [2.24, 2.45) is 5.92 Å². The minimum Gasteiger partial charge on any atom is -0.370 e. The van der Waals surface area contributed by atoms with Crippen molar-refractivity contribution in [2.75, 3.05) is 70.1 Å². The maximum absolute atomic E-state index is 4.32. The molecule has 1 aromatic carbocycles. The Bertz CT molecular complexity index is 671. The Morgan fingerprint density at radius 3 is 2.30 bits per heavy atom. The molecule has 0 unspecified atom stereocenters. The van der Waals surface area contributed by atoms with E-state index in [4.69, 9.17) is 0 Å². The third-order valence-electron chi connectivity index (χ3n) is 7.41. The molecule has 1 atom stereocenters. The van der Waals surface area contributed by atoms with E-state index in [1.54, 1.807) is 0 Å². The average molecular weight is 412 g/mol. The lowest BCUT2D eigenvalue weighted by Gasteiger charge is -2.39. The molecule has 2 aliphatic heterocycles. The SMILES string of the molecule is C=C(Nc1ccc(N2CC[C@@H](N(C)C)C2)cc1)N1CCN(CC2CCCCC2)CC1. The number of benzene rings is 1. The van der Waals surface area contributed by atoms with Gasteiger partial charge in [-0.2, -0.15) is 0 Å². The number of nitrogens with zero attached hydrogens (tertiary/aromatic N) is 4. The zero-order chi connectivity index (χ0) is 20.9. The number of nitrogens with one attached hydrogen (secondary N) is 1. The van der Waals surface area contributed by atoms with Crippen LogP contribution in [0.2, 0.25) is 0 Å². The van der Waals surface area contributed by atoms with Gasteiger partial charge in [-0.05, 0) is 63.5 Å². The Balaban J connectivity index is 1.21. The summed E-state index contributed by atoms with van der Waals surface area (Å²) in [4.78, 5) is 9.92. The molecule has 3 fully saturated rings. The third-order valence-corrected chi connectivity index (χ3v) is 7.41. The van der Waals surface area contributed by atoms with E-state index < -0.39 is 0 Å². The van der Waals surface area contributed by atoms with Crippen molar-refractivity contribution < 1.29 is 0 Å². The Morgan fingerprint density at radius 2 is 1.67 bits per heavy atom. The molecule has 0 aromatic heterocycles. The fourth-order valence-corrected chi connectivity index (χ4v) is 5.33. The molecule has 166 valence electrons. The summed E-state index contributed by atoms with van der Waals surface area (Å²) in [6.45, 7) is 12.4. The lowest BCUT2D eigenvalue weighted by molar-refractivity contribution is 0.130. The minimum atomic E-state index is 0.666. The predicted molar refractivity (Wildman–Crippen MR) is 128 cm³/mol. The summed E-state index contributed by atoms with van der Waals surface area (Å²) in [5, 5.41) is 3.54. The minimum absolute atomic E-state index is 0.666. The van der Waals surface area contributed by atoms with Gasteiger partial charge < -0.3 is 20.0 Å². The van der Waals surface area contributed by atoms with E-state index in [1.165, 1.54) is 50.8 Å². The van der Waals surface area contributed by atoms with E-state index in [0.29, 0.717) is 6.04 Å². The molecular weight excluding hydrogens is 370 g/mol. The molecule has 0 bridgehead atoms. The maximum atomic E-state index is 4.32. The zero-order valence-corrected chi connectivity index (χ0v) is 19.2. The van der Waals surface area contributed by atoms with Crippen molar-refractivity contribution in [1.82, 2.24) is 14.7 Å². The fourth-order valence-electron chi connectivity index (χ4n) is 5.33. The van der Waals surface area contributed by atoms with Gasteiger partial charge in [-0.15, -0.1) is 0 Å². The largest absolute Gasteiger partial charge is 0.370 e. The maximum Gasteiger partial charge on any atom is 0.0984 e. The van der Waals surface area contributed by atoms with Crippen molar-refractivity contribution >= 4 is 11.4 Å². The van der Waals surface area contributed by atoms with Gasteiger partial charge in [0.15, 0.2) is 0 Å². The van der Waals surface area contributed by atoms with Crippen LogP contribution in [0.4, 0.5) is 11.4 Å². The Morgan fingerprint density at radius 1 is 0.967 bits per heavy atom. The highest BCUT2D eigenvalue weighted by Gasteiger charge is 2.24. The highest BCUT2D eigenvalue weighted by molar-refractivity contribution is 5.57. The van der Waals surface area contributed by atoms with E-state index in [1.807, 2.05) is 0 Å². The van der Waals surface area contributed by atoms with Gasteiger partial charge in [-0.1, -0.05) is 25.8 Å². The molecule has 3 aliphatic rings. The topological polar surface area (TPSA) is 25.0 Å². The molecule has 1 aliphatic carbocycles. The van der Waals surface area contributed by atoms with Crippen LogP contribution in [-0.2, 0) is 0 Å². The molecule has 1 N–H and O–H groups in total. The number of hydrogen-bond donors (Lipinski definition) is 1. The van der Waals surface area contributed by atoms with E-state index >= 15 is 0 Å². The van der Waals surface area contributed by atoms with Crippen molar-refractivity contribution in [3.63, 3.8) is 0 Å². The zero-order valence-electron chi connectivity index (χ0n) is 19.2. The van der Waals surface area contributed by atoms with E-state index in [2.05, 4.69) is 69.9 Å². The number of rotatable bonds is 7. The van der Waals surface area contributed by atoms with Crippen LogP contribution in [0, 0.1) is 5.92 Å². The molecule has 1 saturated carbocycles. The summed E-state index contributed by atoms with van der Waals surface area (Å²) in [6, 6.07) is 9.55. The Hall–Kier alpha value is -1.72. The van der Waals surface area contributed by atoms with Crippen LogP contribution >= 0.6 is 0 Å². The molecule has 2 heterocycles. The van der Waals surface area contributed by atoms with Gasteiger partial charge in [0.05, 0.1) is 5.82 Å². The van der Waals surface area contributed by atoms with Crippen LogP contribution in [0.25, 0.3) is 0 Å². The molecule has 5 nitrogen and oxygen atoms in total. The molecule has 5 heteroatoms. The summed E-state index contributed by atoms with van der Waals surface area (Å²) >= 11 is 0. The summed E-state index contributed by atoms with van der Waals surface area (Å²) in [5.41, 5.74) is 2.46. The highest BCUT2D eigenvalue weighted by atomic mass is 15.3. The Kier molecular flexibility index (Phi) is 7.21. The fraction of sp³-hybridized carbons (Fsp3) is 0.680. The first-order valence-corrected chi connectivity index (χ1v) is 12.0. The van der Waals surface area contributed by atoms with Gasteiger partial charge in [0.2, 0.25) is 0 Å². The van der Waals surface area contributed by atoms with E-state index in [9.17, 15) is 0 Å². The van der Waals surface area contributed by atoms with Gasteiger partial charge >= 0.3 is 0 Å². The second kappa shape index (κ2) is 10.1. The quantitative estimate of drug-likeness (QED) is 0.734. The van der Waals surface area contributed by atoms with Crippen LogP contribution in [-0.4, -0.2) is 80.7 Å². The third kappa shape index (κ3) is 5.50. The van der Waals surface area contributed by atoms with Crippen molar-refractivity contribution in [3.05, 3.63) is 36.7 Å². The monoisotopic (exact) mass is 411 g/mol. The van der Waals surface area contributed by atoms with Crippen LogP contribution in [0.3, 0.4) is 0 Å². The standard InChI is InChI=1S/C25H41N5/c1-21(29-17-15-28(16-18-29)19-22-7-5-4-6-8-22)26-23-9-11-24(12-10-23)30-14-13-25(20-30)27(2)3/h9-12,22,25-26H,1,4-8,13-20H2,2-3H3/t25-/m1/s1. The van der Waals surface area contributed by atoms with Crippen LogP contribution in [0.1, 0.15) is 38.5 Å². The summed E-state index contributed by atoms with van der Waals surface area (Å²) in [7, 11) is 4.37. The number of piperazine rings is 1. The first-order chi connectivity index (χ1) is 14.6. The highest BCUT2D eigenvalue weighted by Crippen LogP contribution is 2.26. The molecule has 0 amide bonds. The van der Waals surface area contributed by atoms with Gasteiger partial charge in [0.25, 0.3) is 0 Å². The van der Waals surface area contributed by atoms with Crippen molar-refractivity contribution in [1.29, 1.82) is 0 Å². The second-order valence-corrected chi connectivity index (χ2v) is 9.76. The van der Waals surface area contributed by atoms with Crippen molar-refractivity contribution in [2.45, 2.75) is 44.6 Å². The Labute approximate surface area is 183 Å². The number of anilines is 2. The lowest BCUT2D eigenvalue weighted by atomic mass is 9.89. The summed E-state index contributed by atoms with van der Waals surface area (Å²) in [5.74, 6) is 1.97. The first-order valence-electron chi connectivity index (χ1n) is 12.0. The molecule has 2 saturated heterocycles. The molecule has 0 radical (unpaired) electrons. The average Bonchev–Trinajstić information content (AvgIpc) is 3.26.